The average molecular weight is 405 g/mol. The van der Waals surface area contributed by atoms with Crippen molar-refractivity contribution >= 4 is 16.0 Å². The van der Waals surface area contributed by atoms with Gasteiger partial charge in [0.05, 0.1) is 25.0 Å². The van der Waals surface area contributed by atoms with Crippen LogP contribution in [-0.2, 0) is 19.5 Å². The lowest BCUT2D eigenvalue weighted by Gasteiger charge is -2.23. The Hall–Kier alpha value is -0.900. The van der Waals surface area contributed by atoms with E-state index >= 15 is 0 Å². The van der Waals surface area contributed by atoms with Crippen LogP contribution < -0.4 is 10.0 Å². The summed E-state index contributed by atoms with van der Waals surface area (Å²) in [4.78, 5) is 6.73. The Morgan fingerprint density at radius 3 is 2.85 bits per heavy atom. The molecule has 0 aliphatic carbocycles. The first-order valence-corrected chi connectivity index (χ1v) is 11.9. The monoisotopic (exact) mass is 404 g/mol. The predicted octanol–water partition coefficient (Wildman–Crippen LogP) is 0.799. The number of nitrogens with one attached hydrogen (secondary N) is 2. The molecular weight excluding hydrogens is 368 g/mol. The lowest BCUT2D eigenvalue weighted by Crippen LogP contribution is -2.41. The molecule has 8 nitrogen and oxygen atoms in total. The zero-order valence-electron chi connectivity index (χ0n) is 16.8. The first-order valence-electron chi connectivity index (χ1n) is 10.2. The summed E-state index contributed by atoms with van der Waals surface area (Å²) in [6.45, 7) is 9.45. The molecule has 2 atom stereocenters. The van der Waals surface area contributed by atoms with E-state index in [1.165, 1.54) is 0 Å². The second kappa shape index (κ2) is 11.8. The van der Waals surface area contributed by atoms with Crippen LogP contribution in [0.4, 0.5) is 0 Å². The fourth-order valence-corrected chi connectivity index (χ4v) is 4.32. The van der Waals surface area contributed by atoms with Crippen molar-refractivity contribution < 1.29 is 17.9 Å². The Balaban J connectivity index is 1.78. The number of sulfonamides is 1. The van der Waals surface area contributed by atoms with E-state index in [1.807, 2.05) is 13.8 Å². The van der Waals surface area contributed by atoms with Crippen molar-refractivity contribution in [2.75, 3.05) is 58.3 Å². The number of hydrogen-bond donors (Lipinski definition) is 2. The summed E-state index contributed by atoms with van der Waals surface area (Å²) in [5.41, 5.74) is 0. The van der Waals surface area contributed by atoms with Crippen LogP contribution in [0, 0.1) is 5.92 Å². The van der Waals surface area contributed by atoms with Crippen LogP contribution >= 0.6 is 0 Å². The van der Waals surface area contributed by atoms with Crippen LogP contribution in [0.15, 0.2) is 4.99 Å². The fraction of sp³-hybridized carbons (Fsp3) is 0.944. The minimum absolute atomic E-state index is 0.00113. The van der Waals surface area contributed by atoms with Crippen molar-refractivity contribution in [2.45, 2.75) is 45.6 Å². The Kier molecular flexibility index (Phi) is 9.81. The highest BCUT2D eigenvalue weighted by Gasteiger charge is 2.25. The summed E-state index contributed by atoms with van der Waals surface area (Å²) in [5, 5.41) is 3.27. The van der Waals surface area contributed by atoms with E-state index in [0.717, 1.165) is 71.1 Å². The molecule has 0 aromatic rings. The minimum Gasteiger partial charge on any atom is -0.381 e. The van der Waals surface area contributed by atoms with Gasteiger partial charge >= 0.3 is 0 Å². The number of guanidine groups is 1. The third kappa shape index (κ3) is 8.33. The molecule has 2 aliphatic rings. The quantitative estimate of drug-likeness (QED) is 0.413. The van der Waals surface area contributed by atoms with E-state index in [2.05, 4.69) is 19.9 Å². The third-order valence-corrected chi connectivity index (χ3v) is 6.23. The largest absolute Gasteiger partial charge is 0.381 e. The molecule has 0 spiro atoms. The molecule has 0 saturated carbocycles. The lowest BCUT2D eigenvalue weighted by molar-refractivity contribution is 0.0200. The molecule has 2 saturated heterocycles. The van der Waals surface area contributed by atoms with Gasteiger partial charge in [0.25, 0.3) is 0 Å². The molecule has 0 aromatic heterocycles. The van der Waals surface area contributed by atoms with Crippen LogP contribution in [0.1, 0.15) is 39.5 Å². The Morgan fingerprint density at radius 2 is 2.15 bits per heavy atom. The van der Waals surface area contributed by atoms with Gasteiger partial charge in [-0.1, -0.05) is 0 Å². The molecule has 0 bridgehead atoms. The van der Waals surface area contributed by atoms with Gasteiger partial charge < -0.3 is 19.7 Å². The molecular formula is C18H36N4O4S. The first kappa shape index (κ1) is 22.4. The van der Waals surface area contributed by atoms with Gasteiger partial charge in [-0.15, -0.1) is 0 Å². The summed E-state index contributed by atoms with van der Waals surface area (Å²) in [6.07, 6.45) is 4.16. The molecule has 9 heteroatoms. The van der Waals surface area contributed by atoms with Gasteiger partial charge in [0.1, 0.15) is 0 Å². The van der Waals surface area contributed by atoms with Gasteiger partial charge in [-0.2, -0.15) is 0 Å². The van der Waals surface area contributed by atoms with Crippen molar-refractivity contribution in [1.29, 1.82) is 0 Å². The molecule has 0 aromatic carbocycles. The Bertz CT molecular complexity index is 550. The maximum Gasteiger partial charge on any atom is 0.213 e. The zero-order chi connectivity index (χ0) is 19.5. The number of aliphatic imine (C=N–C) groups is 1. The molecule has 158 valence electrons. The highest BCUT2D eigenvalue weighted by Crippen LogP contribution is 2.16. The van der Waals surface area contributed by atoms with Gasteiger partial charge in [0.2, 0.25) is 10.0 Å². The normalized spacial score (nSPS) is 24.4. The highest BCUT2D eigenvalue weighted by molar-refractivity contribution is 7.89. The van der Waals surface area contributed by atoms with Gasteiger partial charge in [-0.3, -0.25) is 4.99 Å². The Morgan fingerprint density at radius 1 is 1.30 bits per heavy atom. The number of likely N-dealkylation sites (tertiary alicyclic amines) is 1. The number of hydrogen-bond acceptors (Lipinski definition) is 5. The predicted molar refractivity (Wildman–Crippen MR) is 108 cm³/mol. The van der Waals surface area contributed by atoms with Gasteiger partial charge in [0, 0.05) is 45.3 Å². The van der Waals surface area contributed by atoms with Crippen molar-refractivity contribution in [3.8, 4) is 0 Å². The number of nitrogens with zero attached hydrogens (tertiary/aromatic N) is 2. The van der Waals surface area contributed by atoms with Crippen molar-refractivity contribution in [3.05, 3.63) is 0 Å². The second-order valence-corrected chi connectivity index (χ2v) is 9.08. The highest BCUT2D eigenvalue weighted by atomic mass is 32.2. The van der Waals surface area contributed by atoms with Crippen molar-refractivity contribution in [2.24, 2.45) is 10.9 Å². The molecule has 2 rings (SSSR count). The minimum atomic E-state index is -3.34. The van der Waals surface area contributed by atoms with Crippen LogP contribution in [0.5, 0.6) is 0 Å². The van der Waals surface area contributed by atoms with E-state index < -0.39 is 10.0 Å². The summed E-state index contributed by atoms with van der Waals surface area (Å²) in [6, 6.07) is 0. The van der Waals surface area contributed by atoms with Crippen molar-refractivity contribution in [1.82, 2.24) is 14.9 Å². The average Bonchev–Trinajstić information content (AvgIpc) is 3.14. The topological polar surface area (TPSA) is 92.3 Å². The third-order valence-electron chi connectivity index (χ3n) is 4.90. The molecule has 27 heavy (non-hydrogen) atoms. The standard InChI is InChI=1S/C18H36N4O4S/c1-3-19-18(22-10-8-16(14-22)15-25-4-2)20-9-12-27(23,24)21-13-17-7-5-6-11-26-17/h16-17,21H,3-15H2,1-2H3,(H,19,20). The van der Waals surface area contributed by atoms with E-state index in [-0.39, 0.29) is 18.4 Å². The fourth-order valence-electron chi connectivity index (χ4n) is 3.40. The summed E-state index contributed by atoms with van der Waals surface area (Å²) in [5.74, 6) is 1.29. The summed E-state index contributed by atoms with van der Waals surface area (Å²) >= 11 is 0. The van der Waals surface area contributed by atoms with E-state index in [1.54, 1.807) is 0 Å². The molecule has 0 radical (unpaired) electrons. The van der Waals surface area contributed by atoms with E-state index in [4.69, 9.17) is 9.47 Å². The smallest absolute Gasteiger partial charge is 0.213 e. The summed E-state index contributed by atoms with van der Waals surface area (Å²) < 4.78 is 38.2. The second-order valence-electron chi connectivity index (χ2n) is 7.15. The number of ether oxygens (including phenoxy) is 2. The maximum absolute atomic E-state index is 12.2. The molecule has 2 N–H and O–H groups in total. The van der Waals surface area contributed by atoms with Gasteiger partial charge in [-0.25, -0.2) is 13.1 Å². The maximum atomic E-state index is 12.2. The van der Waals surface area contributed by atoms with Crippen LogP contribution in [0.2, 0.25) is 0 Å². The van der Waals surface area contributed by atoms with Crippen LogP contribution in [-0.4, -0.2) is 83.7 Å². The lowest BCUT2D eigenvalue weighted by atomic mass is 10.1. The van der Waals surface area contributed by atoms with Gasteiger partial charge in [-0.05, 0) is 39.5 Å². The Labute approximate surface area is 164 Å². The van der Waals surface area contributed by atoms with Crippen molar-refractivity contribution in [3.63, 3.8) is 0 Å². The molecule has 2 aliphatic heterocycles. The van der Waals surface area contributed by atoms with Crippen LogP contribution in [0.25, 0.3) is 0 Å². The van der Waals surface area contributed by atoms with Gasteiger partial charge in [0.15, 0.2) is 5.96 Å². The van der Waals surface area contributed by atoms with E-state index in [0.29, 0.717) is 12.5 Å². The zero-order valence-corrected chi connectivity index (χ0v) is 17.6. The molecule has 2 fully saturated rings. The van der Waals surface area contributed by atoms with Crippen LogP contribution in [0.3, 0.4) is 0 Å². The molecule has 2 heterocycles. The first-order chi connectivity index (χ1) is 13.0. The SMILES string of the molecule is CCNC(=NCCS(=O)(=O)NCC1CCCCO1)N1CCC(COCC)C1. The molecule has 2 unspecified atom stereocenters. The van der Waals surface area contributed by atoms with E-state index in [9.17, 15) is 8.42 Å². The summed E-state index contributed by atoms with van der Waals surface area (Å²) in [7, 11) is -3.34. The molecule has 0 amide bonds. The number of rotatable bonds is 10.